The van der Waals surface area contributed by atoms with E-state index < -0.39 is 0 Å². The summed E-state index contributed by atoms with van der Waals surface area (Å²) in [5.74, 6) is 0. The molecular formula is C6H12S2. The van der Waals surface area contributed by atoms with Gasteiger partial charge in [-0.2, -0.15) is 0 Å². The van der Waals surface area contributed by atoms with Crippen molar-refractivity contribution in [3.8, 4) is 0 Å². The van der Waals surface area contributed by atoms with Gasteiger partial charge in [-0.05, 0) is 19.1 Å². The third kappa shape index (κ3) is 4.60. The van der Waals surface area contributed by atoms with Gasteiger partial charge in [-0.25, -0.2) is 0 Å². The highest BCUT2D eigenvalue weighted by molar-refractivity contribution is 8.22. The van der Waals surface area contributed by atoms with Gasteiger partial charge in [0.05, 0.1) is 0 Å². The minimum atomic E-state index is 1.12. The van der Waals surface area contributed by atoms with Gasteiger partial charge >= 0.3 is 0 Å². The molecule has 0 aromatic heterocycles. The van der Waals surface area contributed by atoms with Crippen molar-refractivity contribution in [2.75, 3.05) is 6.26 Å². The Labute approximate surface area is 61.0 Å². The van der Waals surface area contributed by atoms with Crippen LogP contribution in [0.3, 0.4) is 0 Å². The molecule has 0 aliphatic heterocycles. The molecule has 0 saturated carbocycles. The van der Waals surface area contributed by atoms with Crippen molar-refractivity contribution in [1.82, 2.24) is 0 Å². The van der Waals surface area contributed by atoms with Crippen LogP contribution in [0.1, 0.15) is 26.2 Å². The Balaban J connectivity index is 2.99. The molecule has 0 aliphatic rings. The monoisotopic (exact) mass is 148 g/mol. The first-order chi connectivity index (χ1) is 3.81. The second-order valence-electron chi connectivity index (χ2n) is 1.68. The predicted molar refractivity (Wildman–Crippen MR) is 45.6 cm³/mol. The Hall–Kier alpha value is 0.440. The fourth-order valence-electron chi connectivity index (χ4n) is 0.423. The molecule has 0 unspecified atom stereocenters. The van der Waals surface area contributed by atoms with Crippen LogP contribution in [0.2, 0.25) is 0 Å². The Morgan fingerprint density at radius 3 is 2.62 bits per heavy atom. The van der Waals surface area contributed by atoms with Crippen molar-refractivity contribution < 1.29 is 0 Å². The molecule has 0 fully saturated rings. The summed E-state index contributed by atoms with van der Waals surface area (Å²) >= 11 is 6.68. The maximum atomic E-state index is 4.98. The molecule has 0 bridgehead atoms. The highest BCUT2D eigenvalue weighted by atomic mass is 32.2. The lowest BCUT2D eigenvalue weighted by atomic mass is 10.3. The summed E-state index contributed by atoms with van der Waals surface area (Å²) in [6.07, 6.45) is 5.66. The zero-order valence-corrected chi connectivity index (χ0v) is 7.07. The van der Waals surface area contributed by atoms with Crippen molar-refractivity contribution in [3.63, 3.8) is 0 Å². The molecule has 0 aliphatic carbocycles. The molecule has 0 radical (unpaired) electrons. The van der Waals surface area contributed by atoms with E-state index in [-0.39, 0.29) is 0 Å². The fraction of sp³-hybridized carbons (Fsp3) is 0.833. The Morgan fingerprint density at radius 2 is 2.25 bits per heavy atom. The van der Waals surface area contributed by atoms with Crippen molar-refractivity contribution in [1.29, 1.82) is 0 Å². The standard InChI is InChI=1S/C6H12S2/c1-3-4-5-6(7)8-2/h3-5H2,1-2H3. The maximum absolute atomic E-state index is 4.98. The number of rotatable bonds is 3. The Morgan fingerprint density at radius 1 is 1.62 bits per heavy atom. The van der Waals surface area contributed by atoms with Gasteiger partial charge in [-0.3, -0.25) is 0 Å². The summed E-state index contributed by atoms with van der Waals surface area (Å²) in [4.78, 5) is 0. The molecule has 0 amide bonds. The summed E-state index contributed by atoms with van der Waals surface area (Å²) in [6, 6.07) is 0. The number of thiocarbonyl (C=S) groups is 1. The van der Waals surface area contributed by atoms with Crippen molar-refractivity contribution in [2.24, 2.45) is 0 Å². The molecule has 0 nitrogen and oxygen atoms in total. The summed E-state index contributed by atoms with van der Waals surface area (Å²) in [7, 11) is 0. The van der Waals surface area contributed by atoms with E-state index in [4.69, 9.17) is 12.2 Å². The van der Waals surface area contributed by atoms with Gasteiger partial charge < -0.3 is 0 Å². The molecule has 0 aromatic rings. The fourth-order valence-corrected chi connectivity index (χ4v) is 0.916. The van der Waals surface area contributed by atoms with E-state index in [0.29, 0.717) is 0 Å². The number of hydrogen-bond acceptors (Lipinski definition) is 2. The number of thioether (sulfide) groups is 1. The third-order valence-corrected chi connectivity index (χ3v) is 2.33. The first-order valence-corrected chi connectivity index (χ1v) is 4.51. The largest absolute Gasteiger partial charge is 0.122 e. The van der Waals surface area contributed by atoms with Crippen LogP contribution in [0, 0.1) is 0 Å². The average Bonchev–Trinajstić information content (AvgIpc) is 1.83. The van der Waals surface area contributed by atoms with Crippen LogP contribution in [0.5, 0.6) is 0 Å². The van der Waals surface area contributed by atoms with E-state index in [2.05, 4.69) is 6.92 Å². The molecule has 0 aromatic carbocycles. The maximum Gasteiger partial charge on any atom is 0.0475 e. The predicted octanol–water partition coefficient (Wildman–Crippen LogP) is 2.87. The van der Waals surface area contributed by atoms with Crippen LogP contribution < -0.4 is 0 Å². The smallest absolute Gasteiger partial charge is 0.0475 e. The Kier molecular flexibility index (Phi) is 5.88. The highest BCUT2D eigenvalue weighted by Crippen LogP contribution is 2.06. The number of unbranched alkanes of at least 4 members (excludes halogenated alkanes) is 1. The second-order valence-corrected chi connectivity index (χ2v) is 3.33. The van der Waals surface area contributed by atoms with E-state index in [1.165, 1.54) is 12.8 Å². The lowest BCUT2D eigenvalue weighted by Gasteiger charge is -1.94. The van der Waals surface area contributed by atoms with Crippen LogP contribution >= 0.6 is 24.0 Å². The second kappa shape index (κ2) is 5.57. The summed E-state index contributed by atoms with van der Waals surface area (Å²) < 4.78 is 1.15. The normalized spacial score (nSPS) is 9.25. The minimum Gasteiger partial charge on any atom is -0.122 e. The zero-order valence-electron chi connectivity index (χ0n) is 5.44. The lowest BCUT2D eigenvalue weighted by molar-refractivity contribution is 0.845. The van der Waals surface area contributed by atoms with E-state index >= 15 is 0 Å². The van der Waals surface area contributed by atoms with Gasteiger partial charge in [0.15, 0.2) is 0 Å². The molecule has 0 atom stereocenters. The van der Waals surface area contributed by atoms with E-state index in [1.54, 1.807) is 11.8 Å². The average molecular weight is 148 g/mol. The first kappa shape index (κ1) is 8.44. The lowest BCUT2D eigenvalue weighted by Crippen LogP contribution is -1.84. The van der Waals surface area contributed by atoms with Crippen LogP contribution in [-0.4, -0.2) is 10.5 Å². The summed E-state index contributed by atoms with van der Waals surface area (Å²) in [5.41, 5.74) is 0. The molecule has 0 spiro atoms. The van der Waals surface area contributed by atoms with E-state index in [1.807, 2.05) is 6.26 Å². The van der Waals surface area contributed by atoms with Crippen molar-refractivity contribution in [2.45, 2.75) is 26.2 Å². The highest BCUT2D eigenvalue weighted by Gasteiger charge is 1.89. The van der Waals surface area contributed by atoms with Crippen molar-refractivity contribution in [3.05, 3.63) is 0 Å². The minimum absolute atomic E-state index is 1.12. The summed E-state index contributed by atoms with van der Waals surface area (Å²) in [5, 5.41) is 0. The molecule has 0 heterocycles. The topological polar surface area (TPSA) is 0 Å². The van der Waals surface area contributed by atoms with Crippen molar-refractivity contribution >= 4 is 28.2 Å². The molecule has 8 heavy (non-hydrogen) atoms. The SMILES string of the molecule is CCCCC(=S)SC. The molecule has 2 heteroatoms. The van der Waals surface area contributed by atoms with Crippen LogP contribution in [-0.2, 0) is 0 Å². The molecule has 0 saturated heterocycles. The van der Waals surface area contributed by atoms with Gasteiger partial charge in [-0.15, -0.1) is 11.8 Å². The van der Waals surface area contributed by atoms with E-state index in [0.717, 1.165) is 10.6 Å². The molecule has 0 rings (SSSR count). The van der Waals surface area contributed by atoms with Gasteiger partial charge in [0.25, 0.3) is 0 Å². The first-order valence-electron chi connectivity index (χ1n) is 2.88. The van der Waals surface area contributed by atoms with E-state index in [9.17, 15) is 0 Å². The van der Waals surface area contributed by atoms with Gasteiger partial charge in [0.2, 0.25) is 0 Å². The number of hydrogen-bond donors (Lipinski definition) is 0. The van der Waals surface area contributed by atoms with Gasteiger partial charge in [0.1, 0.15) is 0 Å². The summed E-state index contributed by atoms with van der Waals surface area (Å²) in [6.45, 7) is 2.18. The molecule has 0 N–H and O–H groups in total. The third-order valence-electron chi connectivity index (χ3n) is 0.962. The van der Waals surface area contributed by atoms with Crippen LogP contribution in [0.25, 0.3) is 0 Å². The van der Waals surface area contributed by atoms with Crippen LogP contribution in [0.4, 0.5) is 0 Å². The van der Waals surface area contributed by atoms with Gasteiger partial charge in [0, 0.05) is 4.20 Å². The molecular weight excluding hydrogens is 136 g/mol. The Bertz CT molecular complexity index is 68.9. The zero-order chi connectivity index (χ0) is 6.41. The quantitative estimate of drug-likeness (QED) is 0.564. The van der Waals surface area contributed by atoms with Crippen LogP contribution in [0.15, 0.2) is 0 Å². The van der Waals surface area contributed by atoms with Gasteiger partial charge in [-0.1, -0.05) is 25.6 Å². The molecule has 48 valence electrons.